The zero-order chi connectivity index (χ0) is 15.6. The molecule has 0 saturated carbocycles. The van der Waals surface area contributed by atoms with Crippen molar-refractivity contribution >= 4 is 5.97 Å². The van der Waals surface area contributed by atoms with E-state index in [2.05, 4.69) is 6.92 Å². The maximum atomic E-state index is 10.3. The minimum Gasteiger partial charge on any atom is -0.460 e. The smallest absolute Gasteiger partial charge is 0.302 e. The standard InChI is InChI=1S/C8H18O3.C6H12O3/c1-2-3-5-10-7-8-11-6-4-9;1-5(4-8-3)9-6(2)7/h9H,2-8H2,1H3;5H,4H2,1-3H3. The third kappa shape index (κ3) is 22.5. The molecule has 6 nitrogen and oxygen atoms in total. The molecule has 6 heteroatoms. The number of carbonyl (C=O) groups excluding carboxylic acids is 1. The topological polar surface area (TPSA) is 74.2 Å². The summed E-state index contributed by atoms with van der Waals surface area (Å²) in [5.74, 6) is -0.264. The molecular formula is C14H30O6. The molecule has 122 valence electrons. The van der Waals surface area contributed by atoms with Crippen molar-refractivity contribution in [3.63, 3.8) is 0 Å². The van der Waals surface area contributed by atoms with Crippen LogP contribution >= 0.6 is 0 Å². The largest absolute Gasteiger partial charge is 0.460 e. The first kappa shape index (κ1) is 21.6. The second-order valence-corrected chi connectivity index (χ2v) is 4.18. The quantitative estimate of drug-likeness (QED) is 0.458. The zero-order valence-corrected chi connectivity index (χ0v) is 13.2. The lowest BCUT2D eigenvalue weighted by Gasteiger charge is -2.08. The van der Waals surface area contributed by atoms with Crippen LogP contribution in [0.15, 0.2) is 0 Å². The predicted octanol–water partition coefficient (Wildman–Crippen LogP) is 1.40. The van der Waals surface area contributed by atoms with Gasteiger partial charge in [-0.05, 0) is 13.3 Å². The van der Waals surface area contributed by atoms with Crippen molar-refractivity contribution in [1.82, 2.24) is 0 Å². The third-order valence-electron chi connectivity index (χ3n) is 2.02. The van der Waals surface area contributed by atoms with Gasteiger partial charge in [0.15, 0.2) is 0 Å². The highest BCUT2D eigenvalue weighted by molar-refractivity contribution is 5.66. The van der Waals surface area contributed by atoms with Gasteiger partial charge < -0.3 is 24.1 Å². The predicted molar refractivity (Wildman–Crippen MR) is 76.7 cm³/mol. The number of unbranched alkanes of at least 4 members (excludes halogenated alkanes) is 1. The van der Waals surface area contributed by atoms with E-state index in [1.165, 1.54) is 6.92 Å². The van der Waals surface area contributed by atoms with Crippen molar-refractivity contribution < 1.29 is 28.8 Å². The summed E-state index contributed by atoms with van der Waals surface area (Å²) in [6, 6.07) is 0. The van der Waals surface area contributed by atoms with Gasteiger partial charge in [-0.3, -0.25) is 4.79 Å². The van der Waals surface area contributed by atoms with Gasteiger partial charge in [-0.15, -0.1) is 0 Å². The van der Waals surface area contributed by atoms with Gasteiger partial charge in [0.2, 0.25) is 0 Å². The van der Waals surface area contributed by atoms with Crippen LogP contribution < -0.4 is 0 Å². The Morgan fingerprint density at radius 1 is 1.15 bits per heavy atom. The van der Waals surface area contributed by atoms with Gasteiger partial charge >= 0.3 is 5.97 Å². The van der Waals surface area contributed by atoms with Crippen LogP contribution in [-0.4, -0.2) is 63.9 Å². The summed E-state index contributed by atoms with van der Waals surface area (Å²) in [4.78, 5) is 10.3. The van der Waals surface area contributed by atoms with Crippen molar-refractivity contribution in [3.05, 3.63) is 0 Å². The van der Waals surface area contributed by atoms with E-state index >= 15 is 0 Å². The van der Waals surface area contributed by atoms with Crippen molar-refractivity contribution in [2.45, 2.75) is 39.7 Å². The minimum absolute atomic E-state index is 0.0922. The van der Waals surface area contributed by atoms with Crippen LogP contribution in [0.5, 0.6) is 0 Å². The highest BCUT2D eigenvalue weighted by atomic mass is 16.6. The van der Waals surface area contributed by atoms with Gasteiger partial charge in [-0.1, -0.05) is 13.3 Å². The van der Waals surface area contributed by atoms with E-state index in [1.54, 1.807) is 14.0 Å². The van der Waals surface area contributed by atoms with E-state index in [1.807, 2.05) is 0 Å². The first-order chi connectivity index (χ1) is 9.58. The Morgan fingerprint density at radius 3 is 2.20 bits per heavy atom. The van der Waals surface area contributed by atoms with E-state index < -0.39 is 0 Å². The zero-order valence-electron chi connectivity index (χ0n) is 13.2. The molecule has 0 spiro atoms. The Kier molecular flexibility index (Phi) is 19.8. The Bertz CT molecular complexity index is 190. The fraction of sp³-hybridized carbons (Fsp3) is 0.929. The van der Waals surface area contributed by atoms with Crippen LogP contribution in [0.1, 0.15) is 33.6 Å². The van der Waals surface area contributed by atoms with Gasteiger partial charge in [0.05, 0.1) is 33.0 Å². The van der Waals surface area contributed by atoms with Crippen LogP contribution in [0, 0.1) is 0 Å². The molecule has 0 aromatic heterocycles. The summed E-state index contributed by atoms with van der Waals surface area (Å²) in [6.07, 6.45) is 2.14. The molecule has 0 heterocycles. The Balaban J connectivity index is 0. The van der Waals surface area contributed by atoms with Crippen LogP contribution in [0.2, 0.25) is 0 Å². The first-order valence-electron chi connectivity index (χ1n) is 7.00. The van der Waals surface area contributed by atoms with Crippen LogP contribution in [-0.2, 0) is 23.7 Å². The average molecular weight is 294 g/mol. The molecule has 20 heavy (non-hydrogen) atoms. The normalized spacial score (nSPS) is 11.4. The summed E-state index contributed by atoms with van der Waals surface area (Å²) in [5, 5.41) is 8.34. The number of esters is 1. The molecule has 0 aliphatic rings. The van der Waals surface area contributed by atoms with Crippen molar-refractivity contribution in [3.8, 4) is 0 Å². The number of ether oxygens (including phenoxy) is 4. The molecule has 0 aromatic rings. The second-order valence-electron chi connectivity index (χ2n) is 4.18. The van der Waals surface area contributed by atoms with Crippen molar-refractivity contribution in [1.29, 1.82) is 0 Å². The van der Waals surface area contributed by atoms with Crippen molar-refractivity contribution in [2.24, 2.45) is 0 Å². The average Bonchev–Trinajstić information content (AvgIpc) is 2.38. The molecule has 0 fully saturated rings. The Labute approximate surface area is 122 Å². The number of methoxy groups -OCH3 is 1. The number of aliphatic hydroxyl groups is 1. The fourth-order valence-electron chi connectivity index (χ4n) is 1.18. The number of carbonyl (C=O) groups is 1. The van der Waals surface area contributed by atoms with Crippen LogP contribution in [0.3, 0.4) is 0 Å². The number of hydrogen-bond acceptors (Lipinski definition) is 6. The Morgan fingerprint density at radius 2 is 1.75 bits per heavy atom. The molecule has 1 unspecified atom stereocenters. The summed E-state index contributed by atoms with van der Waals surface area (Å²) >= 11 is 0. The third-order valence-corrected chi connectivity index (χ3v) is 2.02. The monoisotopic (exact) mass is 294 g/mol. The molecule has 1 atom stereocenters. The summed E-state index contributed by atoms with van der Waals surface area (Å²) < 4.78 is 19.7. The minimum atomic E-state index is -0.264. The van der Waals surface area contributed by atoms with E-state index in [9.17, 15) is 4.79 Å². The van der Waals surface area contributed by atoms with Gasteiger partial charge in [0, 0.05) is 20.6 Å². The lowest BCUT2D eigenvalue weighted by molar-refractivity contribution is -0.147. The van der Waals surface area contributed by atoms with Gasteiger partial charge in [0.25, 0.3) is 0 Å². The molecule has 0 radical (unpaired) electrons. The number of aliphatic hydroxyl groups excluding tert-OH is 1. The highest BCUT2D eigenvalue weighted by Gasteiger charge is 2.02. The summed E-state index contributed by atoms with van der Waals surface area (Å²) in [5.41, 5.74) is 0. The van der Waals surface area contributed by atoms with Gasteiger partial charge in [-0.25, -0.2) is 0 Å². The summed E-state index contributed by atoms with van der Waals surface area (Å²) in [6.45, 7) is 8.30. The molecule has 0 aromatic carbocycles. The van der Waals surface area contributed by atoms with Crippen LogP contribution in [0.25, 0.3) is 0 Å². The maximum absolute atomic E-state index is 10.3. The molecule has 0 bridgehead atoms. The molecule has 1 N–H and O–H groups in total. The van der Waals surface area contributed by atoms with Crippen molar-refractivity contribution in [2.75, 3.05) is 46.8 Å². The van der Waals surface area contributed by atoms with E-state index in [-0.39, 0.29) is 18.7 Å². The Hall–Kier alpha value is -0.690. The molecule has 0 aliphatic heterocycles. The van der Waals surface area contributed by atoms with E-state index in [0.29, 0.717) is 26.4 Å². The molecule has 0 rings (SSSR count). The lowest BCUT2D eigenvalue weighted by Crippen LogP contribution is -2.17. The molecule has 0 amide bonds. The summed E-state index contributed by atoms with van der Waals surface area (Å²) in [7, 11) is 1.57. The highest BCUT2D eigenvalue weighted by Crippen LogP contribution is 1.90. The maximum Gasteiger partial charge on any atom is 0.302 e. The van der Waals surface area contributed by atoms with E-state index in [0.717, 1.165) is 19.4 Å². The van der Waals surface area contributed by atoms with Gasteiger partial charge in [0.1, 0.15) is 6.10 Å². The molecular weight excluding hydrogens is 264 g/mol. The second kappa shape index (κ2) is 18.3. The first-order valence-corrected chi connectivity index (χ1v) is 7.00. The fourth-order valence-corrected chi connectivity index (χ4v) is 1.18. The van der Waals surface area contributed by atoms with Gasteiger partial charge in [-0.2, -0.15) is 0 Å². The van der Waals surface area contributed by atoms with E-state index in [4.69, 9.17) is 24.1 Å². The molecule has 0 saturated heterocycles. The number of hydrogen-bond donors (Lipinski definition) is 1. The number of rotatable bonds is 11. The SMILES string of the molecule is CCCCOCCOCCO.COCC(C)OC(C)=O. The lowest BCUT2D eigenvalue weighted by atomic mass is 10.4. The molecule has 0 aliphatic carbocycles. The van der Waals surface area contributed by atoms with Crippen LogP contribution in [0.4, 0.5) is 0 Å².